The zero-order chi connectivity index (χ0) is 12.1. The summed E-state index contributed by atoms with van der Waals surface area (Å²) >= 11 is 0. The molecule has 5 nitrogen and oxygen atoms in total. The van der Waals surface area contributed by atoms with Gasteiger partial charge in [0.05, 0.1) is 18.2 Å². The molecule has 0 fully saturated rings. The first-order chi connectivity index (χ1) is 7.60. The number of carbonyl (C=O) groups is 1. The van der Waals surface area contributed by atoms with Gasteiger partial charge in [-0.15, -0.1) is 0 Å². The molecule has 84 valence electrons. The highest BCUT2D eigenvalue weighted by atomic mass is 19.1. The molecule has 0 amide bonds. The van der Waals surface area contributed by atoms with Gasteiger partial charge in [0.15, 0.2) is 5.82 Å². The van der Waals surface area contributed by atoms with E-state index in [0.29, 0.717) is 0 Å². The van der Waals surface area contributed by atoms with Crippen LogP contribution in [0.25, 0.3) is 0 Å². The third-order valence-electron chi connectivity index (χ3n) is 1.79. The number of nitrogens with zero attached hydrogens (tertiary/aromatic N) is 2. The molecule has 0 aromatic carbocycles. The van der Waals surface area contributed by atoms with Crippen LogP contribution in [0.15, 0.2) is 17.1 Å². The lowest BCUT2D eigenvalue weighted by Crippen LogP contribution is -2.24. The third-order valence-corrected chi connectivity index (χ3v) is 1.79. The Labute approximate surface area is 90.7 Å². The molecule has 16 heavy (non-hydrogen) atoms. The van der Waals surface area contributed by atoms with E-state index in [9.17, 15) is 14.0 Å². The molecular formula is C10H9FN2O3. The molecular weight excluding hydrogens is 215 g/mol. The zero-order valence-corrected chi connectivity index (χ0v) is 8.57. The van der Waals surface area contributed by atoms with Crippen LogP contribution in [0.5, 0.6) is 0 Å². The SMILES string of the molecule is CCOC(=O)c1cc(F)c(=O)n(CC#N)c1. The van der Waals surface area contributed by atoms with E-state index < -0.39 is 17.3 Å². The van der Waals surface area contributed by atoms with Gasteiger partial charge >= 0.3 is 5.97 Å². The maximum absolute atomic E-state index is 13.1. The molecule has 0 radical (unpaired) electrons. The van der Waals surface area contributed by atoms with Crippen molar-refractivity contribution in [2.45, 2.75) is 13.5 Å². The second kappa shape index (κ2) is 5.07. The minimum atomic E-state index is -1.08. The minimum absolute atomic E-state index is 0.0887. The maximum atomic E-state index is 13.1. The topological polar surface area (TPSA) is 72.1 Å². The summed E-state index contributed by atoms with van der Waals surface area (Å²) in [5.74, 6) is -1.81. The molecule has 0 bridgehead atoms. The first-order valence-electron chi connectivity index (χ1n) is 4.54. The molecule has 0 aliphatic rings. The number of pyridine rings is 1. The van der Waals surface area contributed by atoms with Crippen molar-refractivity contribution < 1.29 is 13.9 Å². The van der Waals surface area contributed by atoms with Crippen LogP contribution >= 0.6 is 0 Å². The number of hydrogen-bond acceptors (Lipinski definition) is 4. The maximum Gasteiger partial charge on any atom is 0.339 e. The van der Waals surface area contributed by atoms with Crippen molar-refractivity contribution in [3.63, 3.8) is 0 Å². The van der Waals surface area contributed by atoms with E-state index in [-0.39, 0.29) is 18.7 Å². The van der Waals surface area contributed by atoms with Gasteiger partial charge in [0.1, 0.15) is 6.54 Å². The quantitative estimate of drug-likeness (QED) is 0.708. The highest BCUT2D eigenvalue weighted by Crippen LogP contribution is 2.02. The Hall–Kier alpha value is -2.16. The third kappa shape index (κ3) is 2.45. The summed E-state index contributed by atoms with van der Waals surface area (Å²) in [5, 5.41) is 8.42. The van der Waals surface area contributed by atoms with Crippen molar-refractivity contribution in [2.75, 3.05) is 6.61 Å². The smallest absolute Gasteiger partial charge is 0.339 e. The van der Waals surface area contributed by atoms with Crippen LogP contribution < -0.4 is 5.56 Å². The number of esters is 1. The van der Waals surface area contributed by atoms with E-state index in [1.54, 1.807) is 13.0 Å². The fourth-order valence-electron chi connectivity index (χ4n) is 1.12. The van der Waals surface area contributed by atoms with Crippen molar-refractivity contribution >= 4 is 5.97 Å². The predicted octanol–water partition coefficient (Wildman–Crippen LogP) is 0.688. The van der Waals surface area contributed by atoms with Gasteiger partial charge in [0.2, 0.25) is 0 Å². The second-order valence-electron chi connectivity index (χ2n) is 2.89. The number of aromatic nitrogens is 1. The zero-order valence-electron chi connectivity index (χ0n) is 8.57. The second-order valence-corrected chi connectivity index (χ2v) is 2.89. The van der Waals surface area contributed by atoms with E-state index in [4.69, 9.17) is 5.26 Å². The molecule has 0 N–H and O–H groups in total. The van der Waals surface area contributed by atoms with Crippen LogP contribution in [0.4, 0.5) is 4.39 Å². The molecule has 0 saturated heterocycles. The Kier molecular flexibility index (Phi) is 3.78. The van der Waals surface area contributed by atoms with E-state index in [2.05, 4.69) is 4.74 Å². The van der Waals surface area contributed by atoms with Gasteiger partial charge in [-0.1, -0.05) is 0 Å². The molecule has 1 rings (SSSR count). The highest BCUT2D eigenvalue weighted by Gasteiger charge is 2.12. The van der Waals surface area contributed by atoms with E-state index in [1.807, 2.05) is 0 Å². The first-order valence-corrected chi connectivity index (χ1v) is 4.54. The van der Waals surface area contributed by atoms with E-state index >= 15 is 0 Å². The number of halogens is 1. The number of ether oxygens (including phenoxy) is 1. The summed E-state index contributed by atoms with van der Waals surface area (Å²) in [6.07, 6.45) is 1.10. The lowest BCUT2D eigenvalue weighted by Gasteiger charge is -2.05. The Balaban J connectivity index is 3.19. The number of carbonyl (C=O) groups excluding carboxylic acids is 1. The van der Waals surface area contributed by atoms with Gasteiger partial charge < -0.3 is 4.74 Å². The van der Waals surface area contributed by atoms with Crippen LogP contribution in [0.2, 0.25) is 0 Å². The van der Waals surface area contributed by atoms with Crippen LogP contribution in [-0.2, 0) is 11.3 Å². The fraction of sp³-hybridized carbons (Fsp3) is 0.300. The van der Waals surface area contributed by atoms with Crippen molar-refractivity contribution in [2.24, 2.45) is 0 Å². The molecule has 1 heterocycles. The van der Waals surface area contributed by atoms with Crippen LogP contribution in [0, 0.1) is 17.1 Å². The number of hydrogen-bond donors (Lipinski definition) is 0. The van der Waals surface area contributed by atoms with Crippen molar-refractivity contribution in [3.8, 4) is 6.07 Å². The van der Waals surface area contributed by atoms with Crippen LogP contribution in [0.1, 0.15) is 17.3 Å². The van der Waals surface area contributed by atoms with Gasteiger partial charge in [0, 0.05) is 6.20 Å². The number of nitriles is 1. The molecule has 6 heteroatoms. The molecule has 0 saturated carbocycles. The van der Waals surface area contributed by atoms with Crippen molar-refractivity contribution in [1.82, 2.24) is 4.57 Å². The Morgan fingerprint density at radius 1 is 1.69 bits per heavy atom. The Bertz CT molecular complexity index is 502. The largest absolute Gasteiger partial charge is 0.462 e. The predicted molar refractivity (Wildman–Crippen MR) is 52.2 cm³/mol. The van der Waals surface area contributed by atoms with Gasteiger partial charge in [-0.25, -0.2) is 9.18 Å². The standard InChI is InChI=1S/C10H9FN2O3/c1-2-16-10(15)7-5-8(11)9(14)13(6-7)4-3-12/h5-6H,2,4H2,1H3. The summed E-state index contributed by atoms with van der Waals surface area (Å²) in [5.41, 5.74) is -1.02. The van der Waals surface area contributed by atoms with E-state index in [0.717, 1.165) is 16.8 Å². The fourth-order valence-corrected chi connectivity index (χ4v) is 1.12. The Morgan fingerprint density at radius 3 is 2.94 bits per heavy atom. The first kappa shape index (κ1) is 11.9. The van der Waals surface area contributed by atoms with Crippen molar-refractivity contribution in [1.29, 1.82) is 5.26 Å². The van der Waals surface area contributed by atoms with Crippen LogP contribution in [-0.4, -0.2) is 17.1 Å². The summed E-state index contributed by atoms with van der Waals surface area (Å²) in [6, 6.07) is 2.49. The van der Waals surface area contributed by atoms with Gasteiger partial charge in [-0.3, -0.25) is 9.36 Å². The average molecular weight is 224 g/mol. The van der Waals surface area contributed by atoms with Gasteiger partial charge in [0.25, 0.3) is 5.56 Å². The summed E-state index contributed by atoms with van der Waals surface area (Å²) in [7, 11) is 0. The molecule has 0 spiro atoms. The molecule has 0 atom stereocenters. The summed E-state index contributed by atoms with van der Waals surface area (Å²) in [4.78, 5) is 22.5. The lowest BCUT2D eigenvalue weighted by molar-refractivity contribution is 0.0524. The highest BCUT2D eigenvalue weighted by molar-refractivity contribution is 5.88. The average Bonchev–Trinajstić information content (AvgIpc) is 2.25. The van der Waals surface area contributed by atoms with Crippen LogP contribution in [0.3, 0.4) is 0 Å². The Morgan fingerprint density at radius 2 is 2.38 bits per heavy atom. The van der Waals surface area contributed by atoms with Crippen molar-refractivity contribution in [3.05, 3.63) is 34.0 Å². The lowest BCUT2D eigenvalue weighted by atomic mass is 10.3. The molecule has 0 aliphatic heterocycles. The number of rotatable bonds is 3. The molecule has 1 aromatic rings. The van der Waals surface area contributed by atoms with Gasteiger partial charge in [-0.05, 0) is 13.0 Å². The van der Waals surface area contributed by atoms with Gasteiger partial charge in [-0.2, -0.15) is 5.26 Å². The minimum Gasteiger partial charge on any atom is -0.462 e. The molecule has 0 unspecified atom stereocenters. The molecule has 1 aromatic heterocycles. The molecule has 0 aliphatic carbocycles. The monoisotopic (exact) mass is 224 g/mol. The summed E-state index contributed by atoms with van der Waals surface area (Å²) in [6.45, 7) is 1.44. The van der Waals surface area contributed by atoms with E-state index in [1.165, 1.54) is 0 Å². The normalized spacial score (nSPS) is 9.56. The summed E-state index contributed by atoms with van der Waals surface area (Å²) < 4.78 is 18.6.